The van der Waals surface area contributed by atoms with Crippen LogP contribution in [0.2, 0.25) is 0 Å². The number of aromatic nitrogens is 3. The fourth-order valence-electron chi connectivity index (χ4n) is 2.16. The summed E-state index contributed by atoms with van der Waals surface area (Å²) in [7, 11) is 0. The van der Waals surface area contributed by atoms with Crippen LogP contribution in [0.25, 0.3) is 22.2 Å². The fourth-order valence-corrected chi connectivity index (χ4v) is 2.26. The second-order valence-electron chi connectivity index (χ2n) is 4.49. The molecule has 0 bridgehead atoms. The average Bonchev–Trinajstić information content (AvgIpc) is 2.81. The maximum atomic E-state index is 5.50. The van der Waals surface area contributed by atoms with Crippen molar-refractivity contribution in [1.29, 1.82) is 0 Å². The predicted molar refractivity (Wildman–Crippen MR) is 84.5 cm³/mol. The Balaban J connectivity index is 2.14. The van der Waals surface area contributed by atoms with Crippen LogP contribution >= 0.6 is 12.2 Å². The van der Waals surface area contributed by atoms with Crippen LogP contribution in [0.5, 0.6) is 0 Å². The van der Waals surface area contributed by atoms with Gasteiger partial charge in [-0.25, -0.2) is 0 Å². The van der Waals surface area contributed by atoms with E-state index in [1.165, 1.54) is 0 Å². The highest BCUT2D eigenvalue weighted by atomic mass is 32.1. The second-order valence-corrected chi connectivity index (χ2v) is 4.93. The number of benzene rings is 1. The van der Waals surface area contributed by atoms with Gasteiger partial charge in [0, 0.05) is 17.1 Å². The van der Waals surface area contributed by atoms with Crippen LogP contribution < -0.4 is 11.1 Å². The molecule has 20 heavy (non-hydrogen) atoms. The zero-order valence-electron chi connectivity index (χ0n) is 10.8. The number of thiocarbonyl (C=S) groups is 1. The van der Waals surface area contributed by atoms with Gasteiger partial charge >= 0.3 is 0 Å². The molecule has 4 N–H and O–H groups in total. The summed E-state index contributed by atoms with van der Waals surface area (Å²) in [4.78, 5) is 4.43. The van der Waals surface area contributed by atoms with E-state index >= 15 is 0 Å². The van der Waals surface area contributed by atoms with E-state index in [1.807, 2.05) is 37.3 Å². The van der Waals surface area contributed by atoms with E-state index < -0.39 is 0 Å². The molecule has 2 heterocycles. The lowest BCUT2D eigenvalue weighted by molar-refractivity contribution is 1.12. The van der Waals surface area contributed by atoms with Crippen molar-refractivity contribution in [2.45, 2.75) is 6.92 Å². The van der Waals surface area contributed by atoms with Gasteiger partial charge in [0.05, 0.1) is 11.2 Å². The van der Waals surface area contributed by atoms with E-state index in [0.29, 0.717) is 5.82 Å². The van der Waals surface area contributed by atoms with Gasteiger partial charge in [-0.3, -0.25) is 10.1 Å². The van der Waals surface area contributed by atoms with Crippen LogP contribution in [0, 0.1) is 6.92 Å². The van der Waals surface area contributed by atoms with Crippen LogP contribution in [-0.2, 0) is 0 Å². The first-order valence-electron chi connectivity index (χ1n) is 6.12. The Labute approximate surface area is 121 Å². The Morgan fingerprint density at radius 3 is 2.95 bits per heavy atom. The van der Waals surface area contributed by atoms with Crippen molar-refractivity contribution in [1.82, 2.24) is 15.2 Å². The van der Waals surface area contributed by atoms with E-state index in [4.69, 9.17) is 18.0 Å². The maximum absolute atomic E-state index is 5.50. The molecule has 5 nitrogen and oxygen atoms in total. The van der Waals surface area contributed by atoms with Crippen molar-refractivity contribution in [3.05, 3.63) is 42.1 Å². The minimum Gasteiger partial charge on any atom is -0.376 e. The van der Waals surface area contributed by atoms with E-state index in [1.54, 1.807) is 6.20 Å². The monoisotopic (exact) mass is 283 g/mol. The molecule has 0 fully saturated rings. The molecule has 0 aliphatic heterocycles. The number of nitrogens with two attached hydrogens (primary N) is 1. The maximum Gasteiger partial charge on any atom is 0.169 e. The van der Waals surface area contributed by atoms with Gasteiger partial charge in [-0.15, -0.1) is 0 Å². The van der Waals surface area contributed by atoms with Crippen LogP contribution in [0.3, 0.4) is 0 Å². The molecule has 0 aliphatic carbocycles. The first kappa shape index (κ1) is 12.6. The average molecular weight is 283 g/mol. The molecule has 0 amide bonds. The van der Waals surface area contributed by atoms with Crippen molar-refractivity contribution in [3.8, 4) is 11.3 Å². The second kappa shape index (κ2) is 4.90. The van der Waals surface area contributed by atoms with Crippen molar-refractivity contribution in [2.24, 2.45) is 5.73 Å². The van der Waals surface area contributed by atoms with Crippen molar-refractivity contribution in [3.63, 3.8) is 0 Å². The van der Waals surface area contributed by atoms with E-state index in [0.717, 1.165) is 27.7 Å². The summed E-state index contributed by atoms with van der Waals surface area (Å²) in [5, 5.41) is 11.1. The molecule has 2 aromatic heterocycles. The summed E-state index contributed by atoms with van der Waals surface area (Å²) in [5.41, 5.74) is 9.53. The number of hydrogen-bond acceptors (Lipinski definition) is 3. The Bertz CT molecular complexity index is 793. The number of nitrogens with one attached hydrogen (secondary N) is 2. The molecule has 0 saturated carbocycles. The van der Waals surface area contributed by atoms with Gasteiger partial charge in [-0.05, 0) is 42.9 Å². The summed E-state index contributed by atoms with van der Waals surface area (Å²) >= 11 is 4.85. The number of rotatable bonds is 2. The fraction of sp³-hybridized carbons (Fsp3) is 0.0714. The van der Waals surface area contributed by atoms with Crippen molar-refractivity contribution in [2.75, 3.05) is 5.32 Å². The minimum absolute atomic E-state index is 0.192. The highest BCUT2D eigenvalue weighted by Crippen LogP contribution is 2.27. The molecule has 3 aromatic rings. The molecule has 100 valence electrons. The van der Waals surface area contributed by atoms with Crippen molar-refractivity contribution >= 4 is 34.1 Å². The Morgan fingerprint density at radius 1 is 1.35 bits per heavy atom. The molecule has 0 radical (unpaired) electrons. The number of nitrogens with zero attached hydrogens (tertiary/aromatic N) is 2. The first-order chi connectivity index (χ1) is 9.65. The topological polar surface area (TPSA) is 79.6 Å². The molecule has 0 spiro atoms. The molecular formula is C14H13N5S. The van der Waals surface area contributed by atoms with Crippen LogP contribution in [0.15, 0.2) is 36.5 Å². The van der Waals surface area contributed by atoms with Crippen molar-refractivity contribution < 1.29 is 0 Å². The van der Waals surface area contributed by atoms with Crippen LogP contribution in [0.4, 0.5) is 5.82 Å². The highest BCUT2D eigenvalue weighted by Gasteiger charge is 2.09. The quantitative estimate of drug-likeness (QED) is 0.630. The number of hydrogen-bond donors (Lipinski definition) is 3. The van der Waals surface area contributed by atoms with Gasteiger partial charge in [-0.2, -0.15) is 5.10 Å². The number of aromatic amines is 1. The van der Waals surface area contributed by atoms with Gasteiger partial charge < -0.3 is 11.1 Å². The lowest BCUT2D eigenvalue weighted by atomic mass is 10.1. The van der Waals surface area contributed by atoms with Gasteiger partial charge in [0.2, 0.25) is 0 Å². The lowest BCUT2D eigenvalue weighted by Gasteiger charge is -2.05. The van der Waals surface area contributed by atoms with Gasteiger partial charge in [0.25, 0.3) is 0 Å². The molecular weight excluding hydrogens is 270 g/mol. The SMILES string of the molecule is Cc1cccnc1-c1ccc2[nH]nc(NC(N)=S)c2c1. The first-order valence-corrected chi connectivity index (χ1v) is 6.52. The smallest absolute Gasteiger partial charge is 0.169 e. The minimum atomic E-state index is 0.192. The third-order valence-corrected chi connectivity index (χ3v) is 3.19. The number of H-pyrrole nitrogens is 1. The molecule has 1 aromatic carbocycles. The molecule has 0 aliphatic rings. The highest BCUT2D eigenvalue weighted by molar-refractivity contribution is 7.80. The van der Waals surface area contributed by atoms with Gasteiger partial charge in [-0.1, -0.05) is 12.1 Å². The summed E-state index contributed by atoms with van der Waals surface area (Å²) in [6, 6.07) is 9.97. The standard InChI is InChI=1S/C14H13N5S/c1-8-3-2-6-16-12(8)9-4-5-11-10(7-9)13(19-18-11)17-14(15)20/h2-7H,1H3,(H4,15,17,18,19,20). The number of aryl methyl sites for hydroxylation is 1. The van der Waals surface area contributed by atoms with Crippen LogP contribution in [0.1, 0.15) is 5.56 Å². The predicted octanol–water partition coefficient (Wildman–Crippen LogP) is 2.59. The molecule has 3 rings (SSSR count). The third-order valence-electron chi connectivity index (χ3n) is 3.09. The summed E-state index contributed by atoms with van der Waals surface area (Å²) in [6.45, 7) is 2.04. The molecule has 0 unspecified atom stereocenters. The van der Waals surface area contributed by atoms with Crippen LogP contribution in [-0.4, -0.2) is 20.3 Å². The number of anilines is 1. The van der Waals surface area contributed by atoms with Gasteiger partial charge in [0.1, 0.15) is 0 Å². The summed E-state index contributed by atoms with van der Waals surface area (Å²) in [5.74, 6) is 0.628. The number of pyridine rings is 1. The third kappa shape index (κ3) is 2.21. The van der Waals surface area contributed by atoms with E-state index in [2.05, 4.69) is 20.5 Å². The van der Waals surface area contributed by atoms with Gasteiger partial charge in [0.15, 0.2) is 10.9 Å². The Morgan fingerprint density at radius 2 is 2.20 bits per heavy atom. The van der Waals surface area contributed by atoms with E-state index in [9.17, 15) is 0 Å². The zero-order chi connectivity index (χ0) is 14.1. The zero-order valence-corrected chi connectivity index (χ0v) is 11.7. The number of fused-ring (bicyclic) bond motifs is 1. The molecule has 6 heteroatoms. The molecule has 0 atom stereocenters. The Kier molecular flexibility index (Phi) is 3.08. The summed E-state index contributed by atoms with van der Waals surface area (Å²) in [6.07, 6.45) is 1.79. The normalized spacial score (nSPS) is 10.7. The van der Waals surface area contributed by atoms with E-state index in [-0.39, 0.29) is 5.11 Å². The Hall–Kier alpha value is -2.47. The summed E-state index contributed by atoms with van der Waals surface area (Å²) < 4.78 is 0. The molecule has 0 saturated heterocycles. The largest absolute Gasteiger partial charge is 0.376 e. The lowest BCUT2D eigenvalue weighted by Crippen LogP contribution is -2.19.